The number of rotatable bonds is 18. The Morgan fingerprint density at radius 1 is 0.680 bits per heavy atom. The molecular formula is C22H45NOS. The van der Waals surface area contributed by atoms with Crippen LogP contribution >= 0.6 is 12.6 Å². The quantitative estimate of drug-likeness (QED) is 0.191. The van der Waals surface area contributed by atoms with Crippen molar-refractivity contribution >= 4 is 17.9 Å². The van der Waals surface area contributed by atoms with E-state index in [4.69, 9.17) is 0 Å². The van der Waals surface area contributed by atoms with Crippen molar-refractivity contribution in [2.75, 3.05) is 6.54 Å². The molecule has 0 spiro atoms. The molecule has 0 aromatic carbocycles. The van der Waals surface area contributed by atoms with E-state index < -0.39 is 0 Å². The molecule has 0 radical (unpaired) electrons. The largest absolute Gasteiger partial charge is 0.331 e. The number of unbranched alkanes of at least 4 members (excludes halogenated alkanes) is 15. The molecule has 0 saturated carbocycles. The zero-order valence-electron chi connectivity index (χ0n) is 17.4. The van der Waals surface area contributed by atoms with Gasteiger partial charge >= 0.3 is 0 Å². The fourth-order valence-corrected chi connectivity index (χ4v) is 3.74. The molecule has 0 heterocycles. The van der Waals surface area contributed by atoms with Crippen LogP contribution in [0.15, 0.2) is 0 Å². The lowest BCUT2D eigenvalue weighted by atomic mass is 10.0. The predicted molar refractivity (Wildman–Crippen MR) is 116 cm³/mol. The van der Waals surface area contributed by atoms with E-state index in [1.165, 1.54) is 96.3 Å². The van der Waals surface area contributed by atoms with Crippen molar-refractivity contribution in [1.82, 2.24) is 4.90 Å². The summed E-state index contributed by atoms with van der Waals surface area (Å²) >= 11 is 3.95. The first-order chi connectivity index (χ1) is 12.1. The van der Waals surface area contributed by atoms with Crippen LogP contribution in [-0.2, 0) is 0 Å². The molecule has 2 nitrogen and oxygen atoms in total. The van der Waals surface area contributed by atoms with E-state index in [0.717, 1.165) is 13.0 Å². The SMILES string of the molecule is CCCCCCCCCCCCCCCCCCN(C(=O)S)C(C)C. The van der Waals surface area contributed by atoms with Gasteiger partial charge in [0.05, 0.1) is 0 Å². The minimum atomic E-state index is -0.0871. The summed E-state index contributed by atoms with van der Waals surface area (Å²) in [6.45, 7) is 7.26. The Hall–Kier alpha value is -0.180. The average molecular weight is 372 g/mol. The van der Waals surface area contributed by atoms with Crippen LogP contribution in [0, 0.1) is 0 Å². The summed E-state index contributed by atoms with van der Waals surface area (Å²) < 4.78 is 0. The number of thiol groups is 1. The van der Waals surface area contributed by atoms with Gasteiger partial charge in [-0.2, -0.15) is 0 Å². The van der Waals surface area contributed by atoms with E-state index in [1.807, 2.05) is 4.90 Å². The standard InChI is InChI=1S/C22H45NOS/c1-4-5-6-7-8-9-10-11-12-13-14-15-16-17-18-19-20-23(21(2)3)22(24)25/h21H,4-20H2,1-3H3,(H,24,25). The van der Waals surface area contributed by atoms with E-state index in [2.05, 4.69) is 33.4 Å². The van der Waals surface area contributed by atoms with Gasteiger partial charge < -0.3 is 4.90 Å². The molecule has 0 aliphatic carbocycles. The zero-order valence-corrected chi connectivity index (χ0v) is 18.3. The predicted octanol–water partition coefficient (Wildman–Crippen LogP) is 8.01. The van der Waals surface area contributed by atoms with Crippen LogP contribution in [0.2, 0.25) is 0 Å². The van der Waals surface area contributed by atoms with Gasteiger partial charge in [-0.25, -0.2) is 0 Å². The summed E-state index contributed by atoms with van der Waals surface area (Å²) in [5, 5.41) is -0.0871. The van der Waals surface area contributed by atoms with Crippen LogP contribution in [0.5, 0.6) is 0 Å². The van der Waals surface area contributed by atoms with Crippen LogP contribution < -0.4 is 0 Å². The molecule has 25 heavy (non-hydrogen) atoms. The second-order valence-electron chi connectivity index (χ2n) is 7.87. The molecule has 0 unspecified atom stereocenters. The van der Waals surface area contributed by atoms with Crippen molar-refractivity contribution in [2.24, 2.45) is 0 Å². The molecular weight excluding hydrogens is 326 g/mol. The van der Waals surface area contributed by atoms with Crippen molar-refractivity contribution < 1.29 is 4.79 Å². The lowest BCUT2D eigenvalue weighted by molar-refractivity contribution is 0.207. The smallest absolute Gasteiger partial charge is 0.278 e. The highest BCUT2D eigenvalue weighted by molar-refractivity contribution is 7.96. The number of carbonyl (C=O) groups is 1. The first kappa shape index (κ1) is 24.8. The topological polar surface area (TPSA) is 20.3 Å². The molecule has 0 bridgehead atoms. The fourth-order valence-electron chi connectivity index (χ4n) is 3.40. The number of carbonyl (C=O) groups excluding carboxylic acids is 1. The van der Waals surface area contributed by atoms with Crippen LogP contribution in [0.4, 0.5) is 4.79 Å². The van der Waals surface area contributed by atoms with Gasteiger partial charge in [0.15, 0.2) is 0 Å². The molecule has 1 amide bonds. The molecule has 0 aromatic heterocycles. The second-order valence-corrected chi connectivity index (χ2v) is 8.26. The third-order valence-corrected chi connectivity index (χ3v) is 5.38. The van der Waals surface area contributed by atoms with Gasteiger partial charge in [0.25, 0.3) is 5.24 Å². The molecule has 0 N–H and O–H groups in total. The first-order valence-electron chi connectivity index (χ1n) is 11.1. The molecule has 0 rings (SSSR count). The first-order valence-corrected chi connectivity index (χ1v) is 11.5. The Labute approximate surface area is 163 Å². The van der Waals surface area contributed by atoms with Gasteiger partial charge in [-0.1, -0.05) is 116 Å². The highest BCUT2D eigenvalue weighted by atomic mass is 32.1. The van der Waals surface area contributed by atoms with Gasteiger partial charge in [-0.05, 0) is 20.3 Å². The molecule has 0 aliphatic rings. The van der Waals surface area contributed by atoms with E-state index in [-0.39, 0.29) is 11.3 Å². The summed E-state index contributed by atoms with van der Waals surface area (Å²) in [6, 6.07) is 0.265. The second kappa shape index (κ2) is 18.6. The van der Waals surface area contributed by atoms with Crippen molar-refractivity contribution in [1.29, 1.82) is 0 Å². The maximum absolute atomic E-state index is 11.4. The van der Waals surface area contributed by atoms with Gasteiger partial charge in [0, 0.05) is 12.6 Å². The Morgan fingerprint density at radius 2 is 1.00 bits per heavy atom. The van der Waals surface area contributed by atoms with E-state index in [0.29, 0.717) is 0 Å². The van der Waals surface area contributed by atoms with E-state index in [9.17, 15) is 4.79 Å². The lowest BCUT2D eigenvalue weighted by Gasteiger charge is -2.24. The molecule has 150 valence electrons. The molecule has 0 atom stereocenters. The Morgan fingerprint density at radius 3 is 1.28 bits per heavy atom. The summed E-state index contributed by atoms with van der Waals surface area (Å²) in [6.07, 6.45) is 22.1. The van der Waals surface area contributed by atoms with Crippen LogP contribution in [-0.4, -0.2) is 22.7 Å². The Balaban J connectivity index is 3.20. The van der Waals surface area contributed by atoms with Gasteiger partial charge in [0.1, 0.15) is 0 Å². The summed E-state index contributed by atoms with van der Waals surface area (Å²) in [7, 11) is 0. The van der Waals surface area contributed by atoms with Crippen molar-refractivity contribution in [3.8, 4) is 0 Å². The fraction of sp³-hybridized carbons (Fsp3) is 0.955. The van der Waals surface area contributed by atoms with Crippen molar-refractivity contribution in [3.63, 3.8) is 0 Å². The average Bonchev–Trinajstić information content (AvgIpc) is 2.57. The maximum atomic E-state index is 11.4. The summed E-state index contributed by atoms with van der Waals surface area (Å²) in [5.41, 5.74) is 0. The molecule has 0 aliphatic heterocycles. The van der Waals surface area contributed by atoms with E-state index in [1.54, 1.807) is 0 Å². The third-order valence-electron chi connectivity index (χ3n) is 5.12. The van der Waals surface area contributed by atoms with Gasteiger partial charge in [-0.15, -0.1) is 0 Å². The summed E-state index contributed by atoms with van der Waals surface area (Å²) in [4.78, 5) is 13.2. The van der Waals surface area contributed by atoms with Crippen LogP contribution in [0.3, 0.4) is 0 Å². The number of hydrogen-bond donors (Lipinski definition) is 1. The number of nitrogens with zero attached hydrogens (tertiary/aromatic N) is 1. The minimum absolute atomic E-state index is 0.0871. The van der Waals surface area contributed by atoms with Gasteiger partial charge in [0.2, 0.25) is 0 Å². The monoisotopic (exact) mass is 371 g/mol. The van der Waals surface area contributed by atoms with Gasteiger partial charge in [-0.3, -0.25) is 4.79 Å². The highest BCUT2D eigenvalue weighted by Crippen LogP contribution is 2.14. The van der Waals surface area contributed by atoms with E-state index >= 15 is 0 Å². The summed E-state index contributed by atoms with van der Waals surface area (Å²) in [5.74, 6) is 0. The zero-order chi connectivity index (χ0) is 18.8. The number of amides is 1. The maximum Gasteiger partial charge on any atom is 0.278 e. The Bertz CT molecular complexity index is 294. The normalized spacial score (nSPS) is 11.2. The van der Waals surface area contributed by atoms with Crippen LogP contribution in [0.1, 0.15) is 124 Å². The molecule has 3 heteroatoms. The van der Waals surface area contributed by atoms with Crippen molar-refractivity contribution in [3.05, 3.63) is 0 Å². The highest BCUT2D eigenvalue weighted by Gasteiger charge is 2.12. The number of hydrogen-bond acceptors (Lipinski definition) is 1. The lowest BCUT2D eigenvalue weighted by Crippen LogP contribution is -2.33. The van der Waals surface area contributed by atoms with Crippen molar-refractivity contribution in [2.45, 2.75) is 130 Å². The molecule has 0 aromatic rings. The minimum Gasteiger partial charge on any atom is -0.331 e. The molecule has 0 fully saturated rings. The molecule has 0 saturated heterocycles. The Kier molecular flexibility index (Phi) is 18.5. The third kappa shape index (κ3) is 17.0. The van der Waals surface area contributed by atoms with Crippen LogP contribution in [0.25, 0.3) is 0 Å².